The lowest BCUT2D eigenvalue weighted by atomic mass is 10.0. The predicted octanol–water partition coefficient (Wildman–Crippen LogP) is 0.337. The van der Waals surface area contributed by atoms with Crippen LogP contribution < -0.4 is 5.32 Å². The number of ether oxygens (including phenoxy) is 1. The Balaban J connectivity index is 1.84. The zero-order chi connectivity index (χ0) is 14.8. The molecule has 6 nitrogen and oxygen atoms in total. The Hall–Kier alpha value is -1.40. The van der Waals surface area contributed by atoms with Crippen LogP contribution in [0.5, 0.6) is 0 Å². The van der Waals surface area contributed by atoms with Crippen molar-refractivity contribution in [3.63, 3.8) is 0 Å². The Bertz CT molecular complexity index is 486. The number of rotatable bonds is 4. The van der Waals surface area contributed by atoms with Gasteiger partial charge >= 0.3 is 0 Å². The molecule has 6 heteroatoms. The Morgan fingerprint density at radius 2 is 2.30 bits per heavy atom. The summed E-state index contributed by atoms with van der Waals surface area (Å²) in [6.45, 7) is 9.16. The highest BCUT2D eigenvalue weighted by atomic mass is 16.5. The molecule has 1 amide bonds. The predicted molar refractivity (Wildman–Crippen MR) is 76.6 cm³/mol. The molecule has 0 aliphatic carbocycles. The van der Waals surface area contributed by atoms with Gasteiger partial charge < -0.3 is 15.0 Å². The van der Waals surface area contributed by atoms with Gasteiger partial charge in [0.15, 0.2) is 5.60 Å². The van der Waals surface area contributed by atoms with Gasteiger partial charge in [-0.1, -0.05) is 0 Å². The van der Waals surface area contributed by atoms with Crippen LogP contribution in [0, 0.1) is 13.8 Å². The van der Waals surface area contributed by atoms with Gasteiger partial charge in [-0.15, -0.1) is 0 Å². The van der Waals surface area contributed by atoms with E-state index in [1.54, 1.807) is 0 Å². The molecular weight excluding hydrogens is 256 g/mol. The molecule has 1 fully saturated rings. The van der Waals surface area contributed by atoms with E-state index in [4.69, 9.17) is 4.74 Å². The zero-order valence-electron chi connectivity index (χ0n) is 12.8. The second kappa shape index (κ2) is 5.93. The van der Waals surface area contributed by atoms with E-state index in [2.05, 4.69) is 15.3 Å². The van der Waals surface area contributed by atoms with Gasteiger partial charge in [0, 0.05) is 25.3 Å². The van der Waals surface area contributed by atoms with Crippen molar-refractivity contribution in [2.45, 2.75) is 32.9 Å². The molecule has 112 valence electrons. The summed E-state index contributed by atoms with van der Waals surface area (Å²) in [6.07, 6.45) is 0. The SMILES string of the molecule is Cc1cc(C)n(CCNC(=O)[C@@]2(C)CN(C)CCO2)n1. The van der Waals surface area contributed by atoms with E-state index < -0.39 is 5.60 Å². The highest BCUT2D eigenvalue weighted by molar-refractivity contribution is 5.85. The van der Waals surface area contributed by atoms with Gasteiger partial charge in [0.05, 0.1) is 18.8 Å². The first-order valence-corrected chi connectivity index (χ1v) is 7.02. The lowest BCUT2D eigenvalue weighted by Crippen LogP contribution is -2.57. The first-order chi connectivity index (χ1) is 9.40. The quantitative estimate of drug-likeness (QED) is 0.864. The summed E-state index contributed by atoms with van der Waals surface area (Å²) >= 11 is 0. The summed E-state index contributed by atoms with van der Waals surface area (Å²) in [5, 5.41) is 7.32. The number of hydrogen-bond acceptors (Lipinski definition) is 4. The third-order valence-electron chi connectivity index (χ3n) is 3.66. The maximum absolute atomic E-state index is 12.3. The average Bonchev–Trinajstić information content (AvgIpc) is 2.67. The molecule has 1 aliphatic heterocycles. The molecule has 2 rings (SSSR count). The van der Waals surface area contributed by atoms with Gasteiger partial charge in [-0.2, -0.15) is 5.10 Å². The van der Waals surface area contributed by atoms with Crippen molar-refractivity contribution in [3.05, 3.63) is 17.5 Å². The van der Waals surface area contributed by atoms with Gasteiger partial charge in [-0.25, -0.2) is 0 Å². The Morgan fingerprint density at radius 1 is 1.55 bits per heavy atom. The molecule has 0 aromatic carbocycles. The highest BCUT2D eigenvalue weighted by Gasteiger charge is 2.37. The van der Waals surface area contributed by atoms with E-state index in [0.29, 0.717) is 26.2 Å². The van der Waals surface area contributed by atoms with Crippen LogP contribution in [0.2, 0.25) is 0 Å². The molecule has 0 unspecified atom stereocenters. The van der Waals surface area contributed by atoms with Crippen LogP contribution in [-0.2, 0) is 16.1 Å². The molecule has 1 aromatic rings. The summed E-state index contributed by atoms with van der Waals surface area (Å²) in [5.74, 6) is -0.0504. The van der Waals surface area contributed by atoms with Gasteiger partial charge in [0.2, 0.25) is 0 Å². The standard InChI is InChI=1S/C14H24N4O2/c1-11-9-12(2)18(16-11)6-5-15-13(19)14(3)10-17(4)7-8-20-14/h9H,5-8,10H2,1-4H3,(H,15,19)/t14-/m1/s1. The lowest BCUT2D eigenvalue weighted by molar-refractivity contribution is -0.155. The third-order valence-corrected chi connectivity index (χ3v) is 3.66. The largest absolute Gasteiger partial charge is 0.363 e. The monoisotopic (exact) mass is 280 g/mol. The van der Waals surface area contributed by atoms with Crippen molar-refractivity contribution in [2.24, 2.45) is 0 Å². The molecule has 1 aliphatic rings. The van der Waals surface area contributed by atoms with Crippen LogP contribution in [0.4, 0.5) is 0 Å². The first kappa shape index (κ1) is 15.0. The molecule has 1 N–H and O–H groups in total. The Morgan fingerprint density at radius 3 is 2.90 bits per heavy atom. The minimum atomic E-state index is -0.748. The second-order valence-corrected chi connectivity index (χ2v) is 5.72. The molecule has 0 saturated carbocycles. The number of hydrogen-bond donors (Lipinski definition) is 1. The van der Waals surface area contributed by atoms with E-state index in [9.17, 15) is 4.79 Å². The number of nitrogens with zero attached hydrogens (tertiary/aromatic N) is 3. The van der Waals surface area contributed by atoms with E-state index >= 15 is 0 Å². The summed E-state index contributed by atoms with van der Waals surface area (Å²) in [7, 11) is 2.00. The van der Waals surface area contributed by atoms with Crippen LogP contribution >= 0.6 is 0 Å². The van der Waals surface area contributed by atoms with Crippen molar-refractivity contribution < 1.29 is 9.53 Å². The number of likely N-dealkylation sites (N-methyl/N-ethyl adjacent to an activating group) is 1. The van der Waals surface area contributed by atoms with Gasteiger partial charge in [0.25, 0.3) is 5.91 Å². The van der Waals surface area contributed by atoms with Crippen molar-refractivity contribution >= 4 is 5.91 Å². The van der Waals surface area contributed by atoms with Gasteiger partial charge in [-0.05, 0) is 33.9 Å². The lowest BCUT2D eigenvalue weighted by Gasteiger charge is -2.37. The number of aryl methyl sites for hydroxylation is 2. The van der Waals surface area contributed by atoms with Crippen LogP contribution in [0.15, 0.2) is 6.07 Å². The minimum absolute atomic E-state index is 0.0504. The first-order valence-electron chi connectivity index (χ1n) is 7.02. The molecule has 1 saturated heterocycles. The fraction of sp³-hybridized carbons (Fsp3) is 0.714. The molecule has 0 radical (unpaired) electrons. The van der Waals surface area contributed by atoms with E-state index in [1.807, 2.05) is 38.6 Å². The Kier molecular flexibility index (Phi) is 4.45. The van der Waals surface area contributed by atoms with Crippen LogP contribution in [0.1, 0.15) is 18.3 Å². The number of morpholine rings is 1. The van der Waals surface area contributed by atoms with Crippen LogP contribution in [0.3, 0.4) is 0 Å². The second-order valence-electron chi connectivity index (χ2n) is 5.72. The minimum Gasteiger partial charge on any atom is -0.363 e. The van der Waals surface area contributed by atoms with Crippen molar-refractivity contribution in [1.29, 1.82) is 0 Å². The van der Waals surface area contributed by atoms with Crippen LogP contribution in [0.25, 0.3) is 0 Å². The molecule has 20 heavy (non-hydrogen) atoms. The summed E-state index contributed by atoms with van der Waals surface area (Å²) in [4.78, 5) is 14.4. The Labute approximate surface area is 120 Å². The number of carbonyl (C=O) groups excluding carboxylic acids is 1. The van der Waals surface area contributed by atoms with Gasteiger partial charge in [-0.3, -0.25) is 9.48 Å². The fourth-order valence-corrected chi connectivity index (χ4v) is 2.57. The molecule has 1 aromatic heterocycles. The number of aromatic nitrogens is 2. The smallest absolute Gasteiger partial charge is 0.253 e. The number of amides is 1. The maximum atomic E-state index is 12.3. The number of carbonyl (C=O) groups is 1. The zero-order valence-corrected chi connectivity index (χ0v) is 12.8. The topological polar surface area (TPSA) is 59.4 Å². The van der Waals surface area contributed by atoms with E-state index in [1.165, 1.54) is 0 Å². The average molecular weight is 280 g/mol. The maximum Gasteiger partial charge on any atom is 0.253 e. The van der Waals surface area contributed by atoms with Crippen LogP contribution in [-0.4, -0.2) is 59.5 Å². The summed E-state index contributed by atoms with van der Waals surface area (Å²) in [5.41, 5.74) is 1.36. The molecular formula is C14H24N4O2. The van der Waals surface area contributed by atoms with Gasteiger partial charge in [0.1, 0.15) is 0 Å². The highest BCUT2D eigenvalue weighted by Crippen LogP contribution is 2.16. The van der Waals surface area contributed by atoms with Crippen molar-refractivity contribution in [2.75, 3.05) is 33.3 Å². The molecule has 1 atom stereocenters. The molecule has 0 spiro atoms. The summed E-state index contributed by atoms with van der Waals surface area (Å²) in [6, 6.07) is 2.03. The molecule has 0 bridgehead atoms. The van der Waals surface area contributed by atoms with E-state index in [0.717, 1.165) is 17.9 Å². The fourth-order valence-electron chi connectivity index (χ4n) is 2.57. The third kappa shape index (κ3) is 3.37. The van der Waals surface area contributed by atoms with Crippen molar-refractivity contribution in [1.82, 2.24) is 20.0 Å². The van der Waals surface area contributed by atoms with Crippen molar-refractivity contribution in [3.8, 4) is 0 Å². The number of nitrogens with one attached hydrogen (secondary N) is 1. The van der Waals surface area contributed by atoms with E-state index in [-0.39, 0.29) is 5.91 Å². The summed E-state index contributed by atoms with van der Waals surface area (Å²) < 4.78 is 7.56. The molecule has 2 heterocycles. The normalized spacial score (nSPS) is 23.8.